The molecular formula is C23H21ClN2O4S. The number of aryl methyl sites for hydroxylation is 1. The molecule has 3 aromatic rings. The van der Waals surface area contributed by atoms with E-state index in [2.05, 4.69) is 5.32 Å². The average molecular weight is 457 g/mol. The standard InChI is InChI=1S/C23H21ClN2O4S/c1-30-18-10-8-17(9-11-18)25-23(27)20-15-19(12-13-21(20)24)31(28,29)26-14-4-6-16-5-2-3-7-22(16)26/h2-3,5,7-13,15H,4,6,14H2,1H3,(H,25,27). The van der Waals surface area contributed by atoms with E-state index < -0.39 is 15.9 Å². The Balaban J connectivity index is 1.65. The molecule has 8 heteroatoms. The van der Waals surface area contributed by atoms with E-state index in [0.717, 1.165) is 18.4 Å². The molecular weight excluding hydrogens is 436 g/mol. The molecule has 0 fully saturated rings. The van der Waals surface area contributed by atoms with Crippen molar-refractivity contribution in [2.75, 3.05) is 23.3 Å². The van der Waals surface area contributed by atoms with E-state index in [1.165, 1.54) is 22.5 Å². The van der Waals surface area contributed by atoms with Crippen LogP contribution in [0.2, 0.25) is 5.02 Å². The Labute approximate surface area is 186 Å². The molecule has 160 valence electrons. The second-order valence-corrected chi connectivity index (χ2v) is 9.40. The van der Waals surface area contributed by atoms with Crippen molar-refractivity contribution >= 4 is 38.9 Å². The minimum Gasteiger partial charge on any atom is -0.497 e. The van der Waals surface area contributed by atoms with Crippen molar-refractivity contribution < 1.29 is 17.9 Å². The normalized spacial score (nSPS) is 13.4. The topological polar surface area (TPSA) is 75.7 Å². The SMILES string of the molecule is COc1ccc(NC(=O)c2cc(S(=O)(=O)N3CCCc4ccccc43)ccc2Cl)cc1. The number of methoxy groups -OCH3 is 1. The molecule has 0 spiro atoms. The second-order valence-electron chi connectivity index (χ2n) is 7.13. The number of rotatable bonds is 5. The summed E-state index contributed by atoms with van der Waals surface area (Å²) >= 11 is 6.23. The Kier molecular flexibility index (Phi) is 5.89. The predicted molar refractivity (Wildman–Crippen MR) is 122 cm³/mol. The van der Waals surface area contributed by atoms with Crippen LogP contribution in [0, 0.1) is 0 Å². The van der Waals surface area contributed by atoms with Crippen LogP contribution in [0.25, 0.3) is 0 Å². The zero-order chi connectivity index (χ0) is 22.0. The van der Waals surface area contributed by atoms with E-state index in [1.807, 2.05) is 18.2 Å². The van der Waals surface area contributed by atoms with Crippen LogP contribution in [0.1, 0.15) is 22.3 Å². The average Bonchev–Trinajstić information content (AvgIpc) is 2.79. The molecule has 0 unspecified atom stereocenters. The van der Waals surface area contributed by atoms with Gasteiger partial charge in [-0.1, -0.05) is 29.8 Å². The van der Waals surface area contributed by atoms with Crippen LogP contribution in [-0.4, -0.2) is 28.0 Å². The fourth-order valence-electron chi connectivity index (χ4n) is 3.59. The molecule has 0 radical (unpaired) electrons. The molecule has 6 nitrogen and oxygen atoms in total. The number of carbonyl (C=O) groups excluding carboxylic acids is 1. The van der Waals surface area contributed by atoms with Crippen molar-refractivity contribution in [2.24, 2.45) is 0 Å². The van der Waals surface area contributed by atoms with Gasteiger partial charge in [-0.25, -0.2) is 8.42 Å². The van der Waals surface area contributed by atoms with Crippen LogP contribution in [0.4, 0.5) is 11.4 Å². The quantitative estimate of drug-likeness (QED) is 0.601. The van der Waals surface area contributed by atoms with Crippen molar-refractivity contribution in [2.45, 2.75) is 17.7 Å². The number of anilines is 2. The summed E-state index contributed by atoms with van der Waals surface area (Å²) in [5.41, 5.74) is 2.29. The minimum absolute atomic E-state index is 0.0217. The Morgan fingerprint density at radius 1 is 1.06 bits per heavy atom. The van der Waals surface area contributed by atoms with E-state index in [1.54, 1.807) is 37.4 Å². The summed E-state index contributed by atoms with van der Waals surface area (Å²) in [5.74, 6) is 0.164. The van der Waals surface area contributed by atoms with Crippen LogP contribution in [0.15, 0.2) is 71.6 Å². The summed E-state index contributed by atoms with van der Waals surface area (Å²) in [6, 6.07) is 18.5. The molecule has 0 aliphatic carbocycles. The van der Waals surface area contributed by atoms with Gasteiger partial charge in [0.2, 0.25) is 0 Å². The largest absolute Gasteiger partial charge is 0.497 e. The van der Waals surface area contributed by atoms with Gasteiger partial charge in [-0.2, -0.15) is 0 Å². The molecule has 0 bridgehead atoms. The Morgan fingerprint density at radius 2 is 1.81 bits per heavy atom. The zero-order valence-electron chi connectivity index (χ0n) is 16.8. The van der Waals surface area contributed by atoms with Gasteiger partial charge in [0, 0.05) is 12.2 Å². The first-order valence-corrected chi connectivity index (χ1v) is 11.6. The van der Waals surface area contributed by atoms with Gasteiger partial charge >= 0.3 is 0 Å². The number of benzene rings is 3. The molecule has 0 saturated carbocycles. The number of amides is 1. The van der Waals surface area contributed by atoms with Crippen LogP contribution < -0.4 is 14.4 Å². The van der Waals surface area contributed by atoms with Gasteiger partial charge in [0.15, 0.2) is 0 Å². The monoisotopic (exact) mass is 456 g/mol. The van der Waals surface area contributed by atoms with E-state index in [9.17, 15) is 13.2 Å². The number of hydrogen-bond acceptors (Lipinski definition) is 4. The number of nitrogens with one attached hydrogen (secondary N) is 1. The second kappa shape index (κ2) is 8.61. The lowest BCUT2D eigenvalue weighted by atomic mass is 10.0. The highest BCUT2D eigenvalue weighted by atomic mass is 35.5. The molecule has 0 atom stereocenters. The minimum atomic E-state index is -3.85. The molecule has 0 aromatic heterocycles. The maximum Gasteiger partial charge on any atom is 0.264 e. The molecule has 1 heterocycles. The molecule has 4 rings (SSSR count). The van der Waals surface area contributed by atoms with Crippen LogP contribution in [0.3, 0.4) is 0 Å². The van der Waals surface area contributed by atoms with Crippen molar-refractivity contribution in [3.8, 4) is 5.75 Å². The molecule has 1 amide bonds. The van der Waals surface area contributed by atoms with Crippen LogP contribution >= 0.6 is 11.6 Å². The predicted octanol–water partition coefficient (Wildman–Crippen LogP) is 4.74. The first-order chi connectivity index (χ1) is 14.9. The fourth-order valence-corrected chi connectivity index (χ4v) is 5.36. The molecule has 31 heavy (non-hydrogen) atoms. The van der Waals surface area contributed by atoms with Crippen molar-refractivity contribution in [1.29, 1.82) is 0 Å². The molecule has 1 N–H and O–H groups in total. The third-order valence-electron chi connectivity index (χ3n) is 5.19. The summed E-state index contributed by atoms with van der Waals surface area (Å²) in [6.07, 6.45) is 1.56. The van der Waals surface area contributed by atoms with E-state index in [4.69, 9.17) is 16.3 Å². The highest BCUT2D eigenvalue weighted by Crippen LogP contribution is 2.33. The van der Waals surface area contributed by atoms with Crippen molar-refractivity contribution in [3.63, 3.8) is 0 Å². The number of para-hydroxylation sites is 1. The third kappa shape index (κ3) is 4.24. The Bertz CT molecular complexity index is 1230. The number of carbonyl (C=O) groups is 1. The van der Waals surface area contributed by atoms with Gasteiger partial charge in [-0.3, -0.25) is 9.10 Å². The summed E-state index contributed by atoms with van der Waals surface area (Å²) in [7, 11) is -2.30. The van der Waals surface area contributed by atoms with E-state index in [-0.39, 0.29) is 15.5 Å². The first kappa shape index (κ1) is 21.2. The molecule has 0 saturated heterocycles. The Morgan fingerprint density at radius 3 is 2.55 bits per heavy atom. The maximum atomic E-state index is 13.4. The summed E-state index contributed by atoms with van der Waals surface area (Å²) in [4.78, 5) is 12.8. The van der Waals surface area contributed by atoms with Gasteiger partial charge in [-0.05, 0) is 66.9 Å². The van der Waals surface area contributed by atoms with Gasteiger partial charge < -0.3 is 10.1 Å². The zero-order valence-corrected chi connectivity index (χ0v) is 18.4. The van der Waals surface area contributed by atoms with Crippen molar-refractivity contribution in [3.05, 3.63) is 82.9 Å². The third-order valence-corrected chi connectivity index (χ3v) is 7.32. The number of hydrogen-bond donors (Lipinski definition) is 1. The van der Waals surface area contributed by atoms with E-state index >= 15 is 0 Å². The van der Waals surface area contributed by atoms with Gasteiger partial charge in [0.25, 0.3) is 15.9 Å². The molecule has 3 aromatic carbocycles. The number of fused-ring (bicyclic) bond motifs is 1. The van der Waals surface area contributed by atoms with E-state index in [0.29, 0.717) is 23.7 Å². The summed E-state index contributed by atoms with van der Waals surface area (Å²) in [5, 5.41) is 2.91. The van der Waals surface area contributed by atoms with Gasteiger partial charge in [0.05, 0.1) is 28.3 Å². The van der Waals surface area contributed by atoms with Gasteiger partial charge in [-0.15, -0.1) is 0 Å². The van der Waals surface area contributed by atoms with Crippen molar-refractivity contribution in [1.82, 2.24) is 0 Å². The van der Waals surface area contributed by atoms with Crippen LogP contribution in [-0.2, 0) is 16.4 Å². The smallest absolute Gasteiger partial charge is 0.264 e. The maximum absolute atomic E-state index is 13.4. The lowest BCUT2D eigenvalue weighted by molar-refractivity contribution is 0.102. The fraction of sp³-hybridized carbons (Fsp3) is 0.174. The summed E-state index contributed by atoms with van der Waals surface area (Å²) in [6.45, 7) is 0.384. The highest BCUT2D eigenvalue weighted by molar-refractivity contribution is 7.92. The molecule has 1 aliphatic rings. The number of ether oxygens (including phenoxy) is 1. The number of sulfonamides is 1. The number of halogens is 1. The van der Waals surface area contributed by atoms with Gasteiger partial charge in [0.1, 0.15) is 5.75 Å². The Hall–Kier alpha value is -3.03. The highest BCUT2D eigenvalue weighted by Gasteiger charge is 2.30. The lowest BCUT2D eigenvalue weighted by Crippen LogP contribution is -2.35. The molecule has 1 aliphatic heterocycles. The first-order valence-electron chi connectivity index (χ1n) is 9.76. The summed E-state index contributed by atoms with van der Waals surface area (Å²) < 4.78 is 33.3. The number of nitrogens with zero attached hydrogens (tertiary/aromatic N) is 1. The lowest BCUT2D eigenvalue weighted by Gasteiger charge is -2.30. The van der Waals surface area contributed by atoms with Crippen LogP contribution in [0.5, 0.6) is 5.75 Å².